The molecule has 1 heterocycles. The van der Waals surface area contributed by atoms with Gasteiger partial charge in [0.05, 0.1) is 25.6 Å². The predicted molar refractivity (Wildman–Crippen MR) is 96.5 cm³/mol. The van der Waals surface area contributed by atoms with Crippen molar-refractivity contribution in [3.8, 4) is 22.8 Å². The molecular weight excluding hydrogens is 342 g/mol. The summed E-state index contributed by atoms with van der Waals surface area (Å²) in [6, 6.07) is 14.1. The fraction of sp³-hybridized carbons (Fsp3) is 0.111. The Labute approximate surface area is 149 Å². The highest BCUT2D eigenvalue weighted by molar-refractivity contribution is 6.30. The molecule has 2 aromatic carbocycles. The van der Waals surface area contributed by atoms with E-state index in [0.29, 0.717) is 33.6 Å². The molecular formula is C18H16ClN3O3. The Morgan fingerprint density at radius 2 is 1.96 bits per heavy atom. The first-order chi connectivity index (χ1) is 12.1. The fourth-order valence-electron chi connectivity index (χ4n) is 2.33. The molecule has 0 aliphatic carbocycles. The van der Waals surface area contributed by atoms with Crippen molar-refractivity contribution in [3.05, 3.63) is 59.2 Å². The number of ether oxygens (including phenoxy) is 2. The molecule has 6 nitrogen and oxygen atoms in total. The van der Waals surface area contributed by atoms with Gasteiger partial charge in [-0.3, -0.25) is 9.89 Å². The minimum absolute atomic E-state index is 0.327. The van der Waals surface area contributed by atoms with Crippen molar-refractivity contribution in [2.45, 2.75) is 0 Å². The van der Waals surface area contributed by atoms with Crippen LogP contribution in [0.3, 0.4) is 0 Å². The predicted octanol–water partition coefficient (Wildman–Crippen LogP) is 4.00. The highest BCUT2D eigenvalue weighted by atomic mass is 35.5. The van der Waals surface area contributed by atoms with Gasteiger partial charge in [0, 0.05) is 16.7 Å². The average molecular weight is 358 g/mol. The van der Waals surface area contributed by atoms with Crippen LogP contribution in [0.1, 0.15) is 10.5 Å². The SMILES string of the molecule is COc1ccc(NC(=O)c2cc(-c3cccc(Cl)c3)n[nH]2)c(OC)c1. The minimum Gasteiger partial charge on any atom is -0.497 e. The van der Waals surface area contributed by atoms with E-state index in [2.05, 4.69) is 15.5 Å². The number of benzene rings is 2. The number of aromatic nitrogens is 2. The number of nitrogens with zero attached hydrogens (tertiary/aromatic N) is 1. The Morgan fingerprint density at radius 1 is 1.12 bits per heavy atom. The Balaban J connectivity index is 1.81. The number of anilines is 1. The summed E-state index contributed by atoms with van der Waals surface area (Å²) in [5, 5.41) is 10.3. The third kappa shape index (κ3) is 3.75. The summed E-state index contributed by atoms with van der Waals surface area (Å²) in [7, 11) is 3.09. The molecule has 3 aromatic rings. The van der Waals surface area contributed by atoms with Gasteiger partial charge in [-0.15, -0.1) is 0 Å². The highest BCUT2D eigenvalue weighted by Gasteiger charge is 2.14. The summed E-state index contributed by atoms with van der Waals surface area (Å²) >= 11 is 5.99. The van der Waals surface area contributed by atoms with E-state index in [1.165, 1.54) is 7.11 Å². The van der Waals surface area contributed by atoms with Gasteiger partial charge in [0.25, 0.3) is 5.91 Å². The lowest BCUT2D eigenvalue weighted by Gasteiger charge is -2.10. The molecule has 0 saturated carbocycles. The Morgan fingerprint density at radius 3 is 2.68 bits per heavy atom. The van der Waals surface area contributed by atoms with Gasteiger partial charge >= 0.3 is 0 Å². The molecule has 0 saturated heterocycles. The number of H-pyrrole nitrogens is 1. The van der Waals surface area contributed by atoms with E-state index >= 15 is 0 Å². The number of carbonyl (C=O) groups is 1. The second-order valence-corrected chi connectivity index (χ2v) is 5.63. The lowest BCUT2D eigenvalue weighted by molar-refractivity contribution is 0.102. The van der Waals surface area contributed by atoms with E-state index < -0.39 is 0 Å². The number of hydrogen-bond acceptors (Lipinski definition) is 4. The molecule has 2 N–H and O–H groups in total. The molecule has 0 aliphatic heterocycles. The highest BCUT2D eigenvalue weighted by Crippen LogP contribution is 2.29. The van der Waals surface area contributed by atoms with Crippen molar-refractivity contribution in [2.24, 2.45) is 0 Å². The molecule has 7 heteroatoms. The lowest BCUT2D eigenvalue weighted by Crippen LogP contribution is -2.13. The van der Waals surface area contributed by atoms with Crippen LogP contribution in [-0.2, 0) is 0 Å². The number of nitrogens with one attached hydrogen (secondary N) is 2. The van der Waals surface area contributed by atoms with Crippen LogP contribution in [0.25, 0.3) is 11.3 Å². The summed E-state index contributed by atoms with van der Waals surface area (Å²) in [5.74, 6) is 0.811. The smallest absolute Gasteiger partial charge is 0.273 e. The zero-order valence-electron chi connectivity index (χ0n) is 13.7. The van der Waals surface area contributed by atoms with Crippen molar-refractivity contribution >= 4 is 23.2 Å². The van der Waals surface area contributed by atoms with Gasteiger partial charge in [0.1, 0.15) is 17.2 Å². The van der Waals surface area contributed by atoms with Crippen LogP contribution in [0.5, 0.6) is 11.5 Å². The third-order valence-corrected chi connectivity index (χ3v) is 3.83. The van der Waals surface area contributed by atoms with Crippen molar-refractivity contribution in [1.82, 2.24) is 10.2 Å². The van der Waals surface area contributed by atoms with Gasteiger partial charge in [-0.2, -0.15) is 5.10 Å². The van der Waals surface area contributed by atoms with E-state index in [-0.39, 0.29) is 5.91 Å². The minimum atomic E-state index is -0.329. The van der Waals surface area contributed by atoms with E-state index in [0.717, 1.165) is 5.56 Å². The van der Waals surface area contributed by atoms with Gasteiger partial charge in [-0.05, 0) is 30.3 Å². The maximum absolute atomic E-state index is 12.5. The summed E-state index contributed by atoms with van der Waals surface area (Å²) in [4.78, 5) is 12.5. The lowest BCUT2D eigenvalue weighted by atomic mass is 10.1. The zero-order chi connectivity index (χ0) is 17.8. The molecule has 0 atom stereocenters. The molecule has 1 aromatic heterocycles. The number of amides is 1. The molecule has 0 radical (unpaired) electrons. The maximum Gasteiger partial charge on any atom is 0.273 e. The van der Waals surface area contributed by atoms with E-state index in [1.807, 2.05) is 12.1 Å². The summed E-state index contributed by atoms with van der Waals surface area (Å²) in [6.45, 7) is 0. The third-order valence-electron chi connectivity index (χ3n) is 3.60. The summed E-state index contributed by atoms with van der Waals surface area (Å²) in [5.41, 5.74) is 2.32. The number of hydrogen-bond donors (Lipinski definition) is 2. The first-order valence-electron chi connectivity index (χ1n) is 7.45. The van der Waals surface area contributed by atoms with Crippen LogP contribution in [-0.4, -0.2) is 30.3 Å². The van der Waals surface area contributed by atoms with E-state index in [9.17, 15) is 4.79 Å². The number of methoxy groups -OCH3 is 2. The van der Waals surface area contributed by atoms with Crippen LogP contribution < -0.4 is 14.8 Å². The van der Waals surface area contributed by atoms with Crippen molar-refractivity contribution in [1.29, 1.82) is 0 Å². The van der Waals surface area contributed by atoms with Gasteiger partial charge in [-0.25, -0.2) is 0 Å². The number of rotatable bonds is 5. The van der Waals surface area contributed by atoms with Gasteiger partial charge < -0.3 is 14.8 Å². The van der Waals surface area contributed by atoms with Gasteiger partial charge in [0.2, 0.25) is 0 Å². The van der Waals surface area contributed by atoms with Crippen LogP contribution in [0.4, 0.5) is 5.69 Å². The Bertz CT molecular complexity index is 908. The van der Waals surface area contributed by atoms with Gasteiger partial charge in [0.15, 0.2) is 0 Å². The number of aromatic amines is 1. The molecule has 25 heavy (non-hydrogen) atoms. The molecule has 0 fully saturated rings. The summed E-state index contributed by atoms with van der Waals surface area (Å²) < 4.78 is 10.4. The first kappa shape index (κ1) is 16.9. The molecule has 128 valence electrons. The van der Waals surface area contributed by atoms with Crippen LogP contribution in [0.2, 0.25) is 5.02 Å². The van der Waals surface area contributed by atoms with Crippen LogP contribution >= 0.6 is 11.6 Å². The summed E-state index contributed by atoms with van der Waals surface area (Å²) in [6.07, 6.45) is 0. The van der Waals surface area contributed by atoms with Crippen LogP contribution in [0.15, 0.2) is 48.5 Å². The first-order valence-corrected chi connectivity index (χ1v) is 7.83. The average Bonchev–Trinajstić information content (AvgIpc) is 3.12. The van der Waals surface area contributed by atoms with Crippen molar-refractivity contribution in [2.75, 3.05) is 19.5 Å². The normalized spacial score (nSPS) is 10.4. The number of halogens is 1. The quantitative estimate of drug-likeness (QED) is 0.723. The maximum atomic E-state index is 12.5. The standard InChI is InChI=1S/C18H16ClN3O3/c1-24-13-6-7-14(17(9-13)25-2)20-18(23)16-10-15(21-22-16)11-4-3-5-12(19)8-11/h3-10H,1-2H3,(H,20,23)(H,21,22). The second-order valence-electron chi connectivity index (χ2n) is 5.20. The second kappa shape index (κ2) is 7.27. The molecule has 1 amide bonds. The molecule has 0 spiro atoms. The van der Waals surface area contributed by atoms with Crippen LogP contribution in [0, 0.1) is 0 Å². The van der Waals surface area contributed by atoms with Crippen molar-refractivity contribution in [3.63, 3.8) is 0 Å². The molecule has 0 unspecified atom stereocenters. The Hall–Kier alpha value is -2.99. The van der Waals surface area contributed by atoms with E-state index in [4.69, 9.17) is 21.1 Å². The fourth-order valence-corrected chi connectivity index (χ4v) is 2.52. The topological polar surface area (TPSA) is 76.2 Å². The monoisotopic (exact) mass is 357 g/mol. The molecule has 0 bridgehead atoms. The molecule has 3 rings (SSSR count). The number of carbonyl (C=O) groups excluding carboxylic acids is 1. The van der Waals surface area contributed by atoms with E-state index in [1.54, 1.807) is 43.5 Å². The molecule has 0 aliphatic rings. The Kier molecular flexibility index (Phi) is 4.90. The zero-order valence-corrected chi connectivity index (χ0v) is 14.4. The largest absolute Gasteiger partial charge is 0.497 e. The van der Waals surface area contributed by atoms with Gasteiger partial charge in [-0.1, -0.05) is 23.7 Å². The van der Waals surface area contributed by atoms with Crippen molar-refractivity contribution < 1.29 is 14.3 Å².